The van der Waals surface area contributed by atoms with Crippen molar-refractivity contribution in [2.45, 2.75) is 25.4 Å². The molecule has 7 heteroatoms. The summed E-state index contributed by atoms with van der Waals surface area (Å²) in [5, 5.41) is 13.6. The van der Waals surface area contributed by atoms with Crippen LogP contribution in [0.5, 0.6) is 0 Å². The van der Waals surface area contributed by atoms with Crippen LogP contribution in [0.25, 0.3) is 0 Å². The van der Waals surface area contributed by atoms with Gasteiger partial charge in [-0.2, -0.15) is 0 Å². The van der Waals surface area contributed by atoms with Gasteiger partial charge < -0.3 is 14.8 Å². The van der Waals surface area contributed by atoms with E-state index in [4.69, 9.17) is 9.47 Å². The molecule has 3 atom stereocenters. The number of nitrogens with zero attached hydrogens (tertiary/aromatic N) is 1. The van der Waals surface area contributed by atoms with Crippen molar-refractivity contribution in [3.05, 3.63) is 75.8 Å². The molecule has 2 aromatic rings. The van der Waals surface area contributed by atoms with Gasteiger partial charge in [-0.05, 0) is 31.2 Å². The van der Waals surface area contributed by atoms with Crippen LogP contribution in [0, 0.1) is 10.1 Å². The van der Waals surface area contributed by atoms with Crippen molar-refractivity contribution in [1.29, 1.82) is 0 Å². The summed E-state index contributed by atoms with van der Waals surface area (Å²) in [6.45, 7) is 2.15. The summed E-state index contributed by atoms with van der Waals surface area (Å²) in [5.41, 5.74) is 1.29. The quantitative estimate of drug-likeness (QED) is 0.681. The number of hydrogen-bond acceptors (Lipinski definition) is 5. The van der Waals surface area contributed by atoms with E-state index in [1.165, 1.54) is 12.1 Å². The van der Waals surface area contributed by atoms with E-state index in [0.29, 0.717) is 17.7 Å². The van der Waals surface area contributed by atoms with Crippen molar-refractivity contribution < 1.29 is 19.2 Å². The SMILES string of the molecule is C[C@H]1O[C@H](c2ccc([N+](=O)[O-])cc2)OC[C@H]1NC(=O)c1ccccc1. The average Bonchev–Trinajstić information content (AvgIpc) is 2.64. The highest BCUT2D eigenvalue weighted by Crippen LogP contribution is 2.27. The van der Waals surface area contributed by atoms with Crippen LogP contribution < -0.4 is 5.32 Å². The van der Waals surface area contributed by atoms with Crippen molar-refractivity contribution >= 4 is 11.6 Å². The summed E-state index contributed by atoms with van der Waals surface area (Å²) < 4.78 is 11.5. The molecule has 0 aromatic heterocycles. The van der Waals surface area contributed by atoms with Gasteiger partial charge in [0.1, 0.15) is 0 Å². The minimum absolute atomic E-state index is 0.0145. The van der Waals surface area contributed by atoms with Crippen molar-refractivity contribution in [1.82, 2.24) is 5.32 Å². The predicted molar refractivity (Wildman–Crippen MR) is 90.0 cm³/mol. The van der Waals surface area contributed by atoms with Gasteiger partial charge in [-0.25, -0.2) is 0 Å². The van der Waals surface area contributed by atoms with Crippen LogP contribution in [-0.2, 0) is 9.47 Å². The Labute approximate surface area is 144 Å². The predicted octanol–water partition coefficient (Wildman–Crippen LogP) is 2.83. The van der Waals surface area contributed by atoms with E-state index >= 15 is 0 Å². The fraction of sp³-hybridized carbons (Fsp3) is 0.278. The van der Waals surface area contributed by atoms with Crippen molar-refractivity contribution in [2.24, 2.45) is 0 Å². The number of rotatable bonds is 4. The Morgan fingerprint density at radius 1 is 1.16 bits per heavy atom. The first-order chi connectivity index (χ1) is 12.0. The molecule has 1 aliphatic heterocycles. The minimum atomic E-state index is -0.610. The second-order valence-electron chi connectivity index (χ2n) is 5.80. The lowest BCUT2D eigenvalue weighted by atomic mass is 10.1. The van der Waals surface area contributed by atoms with Gasteiger partial charge in [0.05, 0.1) is 23.7 Å². The average molecular weight is 342 g/mol. The standard InChI is InChI=1S/C18H18N2O5/c1-12-16(19-17(21)13-5-3-2-4-6-13)11-24-18(25-12)14-7-9-15(10-8-14)20(22)23/h2-10,12,16,18H,11H2,1H3,(H,19,21)/t12-,16-,18-/m1/s1. The van der Waals surface area contributed by atoms with Crippen LogP contribution >= 0.6 is 0 Å². The molecule has 130 valence electrons. The number of hydrogen-bond donors (Lipinski definition) is 1. The molecule has 2 aromatic carbocycles. The number of nitro groups is 1. The Morgan fingerprint density at radius 3 is 2.44 bits per heavy atom. The van der Waals surface area contributed by atoms with Crippen molar-refractivity contribution in [2.75, 3.05) is 6.61 Å². The molecule has 1 heterocycles. The fourth-order valence-corrected chi connectivity index (χ4v) is 2.58. The zero-order valence-electron chi connectivity index (χ0n) is 13.6. The summed E-state index contributed by atoms with van der Waals surface area (Å²) in [4.78, 5) is 22.5. The highest BCUT2D eigenvalue weighted by atomic mass is 16.7. The molecule has 0 bridgehead atoms. The van der Waals surface area contributed by atoms with Gasteiger partial charge in [0.15, 0.2) is 6.29 Å². The van der Waals surface area contributed by atoms with Crippen LogP contribution in [0.2, 0.25) is 0 Å². The number of non-ortho nitro benzene ring substituents is 1. The molecule has 0 aliphatic carbocycles. The van der Waals surface area contributed by atoms with Gasteiger partial charge in [0.25, 0.3) is 11.6 Å². The Bertz CT molecular complexity index is 748. The second kappa shape index (κ2) is 7.42. The van der Waals surface area contributed by atoms with Crippen LogP contribution in [-0.4, -0.2) is 29.6 Å². The summed E-state index contributed by atoms with van der Waals surface area (Å²) in [6, 6.07) is 14.7. The normalized spacial score (nSPS) is 23.0. The Morgan fingerprint density at radius 2 is 1.84 bits per heavy atom. The molecule has 0 radical (unpaired) electrons. The van der Waals surface area contributed by atoms with Gasteiger partial charge in [0.2, 0.25) is 0 Å². The van der Waals surface area contributed by atoms with Gasteiger partial charge in [0, 0.05) is 23.3 Å². The number of nitro benzene ring substituents is 1. The Balaban J connectivity index is 1.60. The van der Waals surface area contributed by atoms with E-state index in [9.17, 15) is 14.9 Å². The lowest BCUT2D eigenvalue weighted by Crippen LogP contribution is -2.50. The van der Waals surface area contributed by atoms with E-state index < -0.39 is 11.2 Å². The van der Waals surface area contributed by atoms with E-state index in [-0.39, 0.29) is 23.7 Å². The smallest absolute Gasteiger partial charge is 0.269 e. The molecule has 0 unspecified atom stereocenters. The summed E-state index contributed by atoms with van der Waals surface area (Å²) >= 11 is 0. The van der Waals surface area contributed by atoms with Gasteiger partial charge in [-0.15, -0.1) is 0 Å². The lowest BCUT2D eigenvalue weighted by molar-refractivity contribution is -0.384. The first-order valence-electron chi connectivity index (χ1n) is 7.92. The Kier molecular flexibility index (Phi) is 5.06. The molecule has 1 fully saturated rings. The van der Waals surface area contributed by atoms with Gasteiger partial charge >= 0.3 is 0 Å². The minimum Gasteiger partial charge on any atom is -0.346 e. The summed E-state index contributed by atoms with van der Waals surface area (Å²) in [5.74, 6) is -0.182. The van der Waals surface area contributed by atoms with E-state index in [1.54, 1.807) is 36.4 Å². The molecule has 1 aliphatic rings. The highest BCUT2D eigenvalue weighted by Gasteiger charge is 2.31. The zero-order valence-corrected chi connectivity index (χ0v) is 13.6. The Hall–Kier alpha value is -2.77. The van der Waals surface area contributed by atoms with Crippen LogP contribution in [0.3, 0.4) is 0 Å². The number of amides is 1. The van der Waals surface area contributed by atoms with Crippen LogP contribution in [0.4, 0.5) is 5.69 Å². The van der Waals surface area contributed by atoms with Crippen molar-refractivity contribution in [3.63, 3.8) is 0 Å². The maximum Gasteiger partial charge on any atom is 0.269 e. The summed E-state index contributed by atoms with van der Waals surface area (Å²) in [7, 11) is 0. The third-order valence-corrected chi connectivity index (χ3v) is 4.06. The summed E-state index contributed by atoms with van der Waals surface area (Å²) in [6.07, 6.45) is -0.873. The largest absolute Gasteiger partial charge is 0.346 e. The van der Waals surface area contributed by atoms with E-state index in [0.717, 1.165) is 0 Å². The third kappa shape index (κ3) is 4.01. The fourth-order valence-electron chi connectivity index (χ4n) is 2.58. The topological polar surface area (TPSA) is 90.7 Å². The molecule has 1 amide bonds. The molecule has 25 heavy (non-hydrogen) atoms. The van der Waals surface area contributed by atoms with Gasteiger partial charge in [-0.1, -0.05) is 18.2 Å². The number of carbonyl (C=O) groups is 1. The third-order valence-electron chi connectivity index (χ3n) is 4.06. The maximum absolute atomic E-state index is 12.2. The number of benzene rings is 2. The maximum atomic E-state index is 12.2. The first kappa shape index (κ1) is 17.1. The molecule has 1 N–H and O–H groups in total. The lowest BCUT2D eigenvalue weighted by Gasteiger charge is -2.35. The second-order valence-corrected chi connectivity index (χ2v) is 5.80. The molecule has 1 saturated heterocycles. The molecule has 0 spiro atoms. The van der Waals surface area contributed by atoms with Gasteiger partial charge in [-0.3, -0.25) is 14.9 Å². The molecular formula is C18H18N2O5. The number of carbonyl (C=O) groups excluding carboxylic acids is 1. The zero-order chi connectivity index (χ0) is 17.8. The van der Waals surface area contributed by atoms with Crippen LogP contribution in [0.15, 0.2) is 54.6 Å². The number of ether oxygens (including phenoxy) is 2. The van der Waals surface area contributed by atoms with Crippen molar-refractivity contribution in [3.8, 4) is 0 Å². The number of nitrogens with one attached hydrogen (secondary N) is 1. The highest BCUT2D eigenvalue weighted by molar-refractivity contribution is 5.94. The molecular weight excluding hydrogens is 324 g/mol. The molecule has 3 rings (SSSR count). The van der Waals surface area contributed by atoms with E-state index in [1.807, 2.05) is 13.0 Å². The van der Waals surface area contributed by atoms with Crippen LogP contribution in [0.1, 0.15) is 29.1 Å². The monoisotopic (exact) mass is 342 g/mol. The molecule has 0 saturated carbocycles. The first-order valence-corrected chi connectivity index (χ1v) is 7.92. The molecule has 7 nitrogen and oxygen atoms in total. The van der Waals surface area contributed by atoms with E-state index in [2.05, 4.69) is 5.32 Å².